The molecule has 2 aliphatic rings. The molecule has 23 heavy (non-hydrogen) atoms. The van der Waals surface area contributed by atoms with Gasteiger partial charge in [0, 0.05) is 0 Å². The molecule has 3 rings (SSSR count). The van der Waals surface area contributed by atoms with Crippen LogP contribution in [-0.2, 0) is 24.1 Å². The lowest BCUT2D eigenvalue weighted by molar-refractivity contribution is -0.116. The van der Waals surface area contributed by atoms with E-state index in [4.69, 9.17) is 0 Å². The van der Waals surface area contributed by atoms with Gasteiger partial charge in [-0.3, -0.25) is 4.79 Å². The Bertz CT molecular complexity index is 660. The standard InChI is InChI=1S/C20H27NO2/c1-5-12-10-13(6-2)16(14(7-3)11-12)17-18(22)20(4,15-8-9-15)21-19(17)23/h10-11,15,22H,5-9H2,1-4H3,(H,21,23). The molecular formula is C20H27NO2. The van der Waals surface area contributed by atoms with Crippen LogP contribution in [0.15, 0.2) is 17.9 Å². The number of nitrogens with one attached hydrogen (secondary N) is 1. The summed E-state index contributed by atoms with van der Waals surface area (Å²) in [5.74, 6) is 0.498. The summed E-state index contributed by atoms with van der Waals surface area (Å²) in [6, 6.07) is 4.38. The molecule has 1 aromatic rings. The zero-order valence-corrected chi connectivity index (χ0v) is 14.6. The van der Waals surface area contributed by atoms with Crippen molar-refractivity contribution >= 4 is 11.5 Å². The van der Waals surface area contributed by atoms with Crippen LogP contribution in [0.4, 0.5) is 0 Å². The third-order valence-corrected chi connectivity index (χ3v) is 5.50. The molecule has 1 atom stereocenters. The summed E-state index contributed by atoms with van der Waals surface area (Å²) in [4.78, 5) is 12.7. The predicted octanol–water partition coefficient (Wildman–Crippen LogP) is 3.94. The highest BCUT2D eigenvalue weighted by molar-refractivity contribution is 6.24. The number of aliphatic hydroxyl groups excluding tert-OH is 1. The number of hydrogen-bond donors (Lipinski definition) is 2. The molecule has 0 saturated heterocycles. The quantitative estimate of drug-likeness (QED) is 0.865. The molecule has 1 aromatic carbocycles. The van der Waals surface area contributed by atoms with Gasteiger partial charge < -0.3 is 10.4 Å². The van der Waals surface area contributed by atoms with Crippen LogP contribution < -0.4 is 5.32 Å². The number of amides is 1. The van der Waals surface area contributed by atoms with Gasteiger partial charge >= 0.3 is 0 Å². The average molecular weight is 313 g/mol. The Morgan fingerprint density at radius 3 is 2.13 bits per heavy atom. The van der Waals surface area contributed by atoms with Gasteiger partial charge in [0.15, 0.2) is 0 Å². The second-order valence-electron chi connectivity index (χ2n) is 7.00. The maximum Gasteiger partial charge on any atom is 0.256 e. The maximum absolute atomic E-state index is 12.7. The maximum atomic E-state index is 12.7. The van der Waals surface area contributed by atoms with Crippen LogP contribution >= 0.6 is 0 Å². The Balaban J connectivity index is 2.21. The first-order valence-electron chi connectivity index (χ1n) is 8.87. The van der Waals surface area contributed by atoms with Crippen molar-refractivity contribution < 1.29 is 9.90 Å². The van der Waals surface area contributed by atoms with Crippen LogP contribution in [0.5, 0.6) is 0 Å². The lowest BCUT2D eigenvalue weighted by atomic mass is 9.86. The number of carbonyl (C=O) groups is 1. The van der Waals surface area contributed by atoms with Gasteiger partial charge in [-0.15, -0.1) is 0 Å². The first-order valence-corrected chi connectivity index (χ1v) is 8.87. The summed E-state index contributed by atoms with van der Waals surface area (Å²) >= 11 is 0. The van der Waals surface area contributed by atoms with E-state index in [1.165, 1.54) is 5.56 Å². The van der Waals surface area contributed by atoms with Crippen LogP contribution in [0, 0.1) is 5.92 Å². The topological polar surface area (TPSA) is 49.3 Å². The van der Waals surface area contributed by atoms with Crippen molar-refractivity contribution in [1.29, 1.82) is 0 Å². The van der Waals surface area contributed by atoms with Crippen molar-refractivity contribution in [2.45, 2.75) is 65.3 Å². The number of rotatable bonds is 5. The molecule has 1 aliphatic heterocycles. The Kier molecular flexibility index (Phi) is 3.99. The molecule has 1 aliphatic carbocycles. The molecule has 0 bridgehead atoms. The minimum Gasteiger partial charge on any atom is -0.509 e. The summed E-state index contributed by atoms with van der Waals surface area (Å²) in [5, 5.41) is 14.0. The minimum atomic E-state index is -0.578. The number of hydrogen-bond acceptors (Lipinski definition) is 2. The summed E-state index contributed by atoms with van der Waals surface area (Å²) in [7, 11) is 0. The molecule has 1 saturated carbocycles. The fourth-order valence-electron chi connectivity index (χ4n) is 3.84. The van der Waals surface area contributed by atoms with Crippen LogP contribution in [0.1, 0.15) is 62.8 Å². The fraction of sp³-hybridized carbons (Fsp3) is 0.550. The SMILES string of the molecule is CCc1cc(CC)c(C2=C(O)C(C)(C3CC3)NC2=O)c(CC)c1. The molecule has 0 aromatic heterocycles. The summed E-state index contributed by atoms with van der Waals surface area (Å²) in [6.45, 7) is 8.34. The van der Waals surface area contributed by atoms with E-state index in [1.54, 1.807) is 0 Å². The molecule has 124 valence electrons. The van der Waals surface area contributed by atoms with Crippen LogP contribution in [-0.4, -0.2) is 16.6 Å². The highest BCUT2D eigenvalue weighted by atomic mass is 16.3. The van der Waals surface area contributed by atoms with Gasteiger partial charge in [0.2, 0.25) is 0 Å². The molecular weight excluding hydrogens is 286 g/mol. The van der Waals surface area contributed by atoms with Gasteiger partial charge in [-0.05, 0) is 67.2 Å². The Morgan fingerprint density at radius 2 is 1.70 bits per heavy atom. The number of aryl methyl sites for hydroxylation is 3. The van der Waals surface area contributed by atoms with E-state index in [1.807, 2.05) is 6.92 Å². The van der Waals surface area contributed by atoms with E-state index in [9.17, 15) is 9.90 Å². The highest BCUT2D eigenvalue weighted by Gasteiger charge is 2.52. The van der Waals surface area contributed by atoms with E-state index in [2.05, 4.69) is 38.2 Å². The second-order valence-corrected chi connectivity index (χ2v) is 7.00. The lowest BCUT2D eigenvalue weighted by Gasteiger charge is -2.24. The van der Waals surface area contributed by atoms with E-state index in [-0.39, 0.29) is 11.7 Å². The van der Waals surface area contributed by atoms with E-state index in [0.29, 0.717) is 11.5 Å². The Morgan fingerprint density at radius 1 is 1.13 bits per heavy atom. The largest absolute Gasteiger partial charge is 0.509 e. The molecule has 1 amide bonds. The molecule has 3 nitrogen and oxygen atoms in total. The van der Waals surface area contributed by atoms with Crippen molar-refractivity contribution in [3.8, 4) is 0 Å². The smallest absolute Gasteiger partial charge is 0.256 e. The third kappa shape index (κ3) is 2.46. The van der Waals surface area contributed by atoms with Crippen molar-refractivity contribution in [1.82, 2.24) is 5.32 Å². The Hall–Kier alpha value is -1.77. The van der Waals surface area contributed by atoms with Gasteiger partial charge in [-0.1, -0.05) is 32.9 Å². The second kappa shape index (κ2) is 5.70. The molecule has 3 heteroatoms. The summed E-state index contributed by atoms with van der Waals surface area (Å²) in [6.07, 6.45) is 4.85. The molecule has 0 radical (unpaired) electrons. The van der Waals surface area contributed by atoms with Gasteiger partial charge in [-0.2, -0.15) is 0 Å². The molecule has 1 fully saturated rings. The third-order valence-electron chi connectivity index (χ3n) is 5.50. The molecule has 1 unspecified atom stereocenters. The van der Waals surface area contributed by atoms with Crippen LogP contribution in [0.2, 0.25) is 0 Å². The van der Waals surface area contributed by atoms with Crippen molar-refractivity contribution in [2.24, 2.45) is 5.92 Å². The first-order chi connectivity index (χ1) is 11.0. The first kappa shape index (κ1) is 16.1. The number of benzene rings is 1. The zero-order valence-electron chi connectivity index (χ0n) is 14.6. The van der Waals surface area contributed by atoms with Crippen molar-refractivity contribution in [3.05, 3.63) is 40.1 Å². The molecule has 0 spiro atoms. The summed E-state index contributed by atoms with van der Waals surface area (Å²) in [5.41, 5.74) is 4.52. The average Bonchev–Trinajstić information content (AvgIpc) is 3.36. The fourth-order valence-corrected chi connectivity index (χ4v) is 3.84. The summed E-state index contributed by atoms with van der Waals surface area (Å²) < 4.78 is 0. The van der Waals surface area contributed by atoms with Gasteiger partial charge in [0.1, 0.15) is 5.76 Å². The van der Waals surface area contributed by atoms with E-state index in [0.717, 1.165) is 48.8 Å². The molecule has 1 heterocycles. The monoisotopic (exact) mass is 313 g/mol. The number of aliphatic hydroxyl groups is 1. The normalized spacial score (nSPS) is 24.3. The van der Waals surface area contributed by atoms with Crippen molar-refractivity contribution in [3.63, 3.8) is 0 Å². The highest BCUT2D eigenvalue weighted by Crippen LogP contribution is 2.48. The van der Waals surface area contributed by atoms with E-state index < -0.39 is 5.54 Å². The zero-order chi connectivity index (χ0) is 16.8. The van der Waals surface area contributed by atoms with E-state index >= 15 is 0 Å². The number of carbonyl (C=O) groups excluding carboxylic acids is 1. The van der Waals surface area contributed by atoms with Crippen molar-refractivity contribution in [2.75, 3.05) is 0 Å². The van der Waals surface area contributed by atoms with Gasteiger partial charge in [0.25, 0.3) is 5.91 Å². The predicted molar refractivity (Wildman–Crippen MR) is 93.4 cm³/mol. The molecule has 2 N–H and O–H groups in total. The van der Waals surface area contributed by atoms with Crippen LogP contribution in [0.3, 0.4) is 0 Å². The lowest BCUT2D eigenvalue weighted by Crippen LogP contribution is -2.43. The van der Waals surface area contributed by atoms with Crippen LogP contribution in [0.25, 0.3) is 5.57 Å². The van der Waals surface area contributed by atoms with Gasteiger partial charge in [0.05, 0.1) is 11.1 Å². The van der Waals surface area contributed by atoms with Gasteiger partial charge in [-0.25, -0.2) is 0 Å². The minimum absolute atomic E-state index is 0.120. The Labute approximate surface area is 138 Å².